The molecule has 0 atom stereocenters. The smallest absolute Gasteiger partial charge is 0.276 e. The SMILES string of the molecule is O=C(Nc1cnccc1NC(=O)C1CC1)c1n[nH]c2ccc(-c3cncc(CN4CCCCCC4)c3)cc12. The third-order valence-electron chi connectivity index (χ3n) is 7.29. The largest absolute Gasteiger partial charge is 0.324 e. The average molecular weight is 510 g/mol. The zero-order valence-electron chi connectivity index (χ0n) is 21.2. The van der Waals surface area contributed by atoms with Crippen molar-refractivity contribution in [3.05, 3.63) is 66.4 Å². The summed E-state index contributed by atoms with van der Waals surface area (Å²) in [7, 11) is 0. The van der Waals surface area contributed by atoms with Gasteiger partial charge in [-0.3, -0.25) is 29.6 Å². The molecule has 6 rings (SSSR count). The summed E-state index contributed by atoms with van der Waals surface area (Å²) in [5.74, 6) is -0.359. The van der Waals surface area contributed by atoms with Crippen LogP contribution in [0.15, 0.2) is 55.1 Å². The van der Waals surface area contributed by atoms with Crippen LogP contribution in [0.5, 0.6) is 0 Å². The Bertz CT molecular complexity index is 1470. The molecule has 2 amide bonds. The molecule has 0 unspecified atom stereocenters. The number of hydrogen-bond donors (Lipinski definition) is 3. The molecule has 1 aliphatic heterocycles. The maximum Gasteiger partial charge on any atom is 0.276 e. The van der Waals surface area contributed by atoms with Crippen molar-refractivity contribution in [3.63, 3.8) is 0 Å². The van der Waals surface area contributed by atoms with Crippen LogP contribution >= 0.6 is 0 Å². The van der Waals surface area contributed by atoms with Crippen LogP contribution in [0.2, 0.25) is 0 Å². The number of nitrogens with zero attached hydrogens (tertiary/aromatic N) is 4. The van der Waals surface area contributed by atoms with Crippen LogP contribution in [0.3, 0.4) is 0 Å². The highest BCUT2D eigenvalue weighted by Crippen LogP contribution is 2.32. The summed E-state index contributed by atoms with van der Waals surface area (Å²) in [6, 6.07) is 9.79. The third-order valence-corrected chi connectivity index (χ3v) is 7.29. The third kappa shape index (κ3) is 5.43. The summed E-state index contributed by atoms with van der Waals surface area (Å²) < 4.78 is 0. The molecule has 194 valence electrons. The summed E-state index contributed by atoms with van der Waals surface area (Å²) in [6.45, 7) is 3.16. The van der Waals surface area contributed by atoms with Gasteiger partial charge in [0, 0.05) is 42.0 Å². The van der Waals surface area contributed by atoms with Gasteiger partial charge in [-0.25, -0.2) is 0 Å². The second-order valence-corrected chi connectivity index (χ2v) is 10.2. The van der Waals surface area contributed by atoms with E-state index in [1.54, 1.807) is 12.3 Å². The van der Waals surface area contributed by atoms with E-state index in [4.69, 9.17) is 0 Å². The van der Waals surface area contributed by atoms with E-state index in [0.29, 0.717) is 16.8 Å². The van der Waals surface area contributed by atoms with E-state index in [1.165, 1.54) is 37.4 Å². The predicted octanol–water partition coefficient (Wildman–Crippen LogP) is 5.00. The molecule has 1 aromatic carbocycles. The molecule has 4 aromatic rings. The normalized spacial score (nSPS) is 16.2. The van der Waals surface area contributed by atoms with Gasteiger partial charge in [-0.05, 0) is 74.2 Å². The molecule has 1 saturated carbocycles. The van der Waals surface area contributed by atoms with Gasteiger partial charge in [0.1, 0.15) is 0 Å². The lowest BCUT2D eigenvalue weighted by Crippen LogP contribution is -2.24. The maximum absolute atomic E-state index is 13.3. The fourth-order valence-electron chi connectivity index (χ4n) is 5.02. The van der Waals surface area contributed by atoms with E-state index < -0.39 is 0 Å². The summed E-state index contributed by atoms with van der Waals surface area (Å²) in [6.07, 6.45) is 13.8. The van der Waals surface area contributed by atoms with Gasteiger partial charge >= 0.3 is 0 Å². The molecule has 9 heteroatoms. The Labute approximate surface area is 221 Å². The molecule has 38 heavy (non-hydrogen) atoms. The number of anilines is 2. The highest BCUT2D eigenvalue weighted by Gasteiger charge is 2.30. The van der Waals surface area contributed by atoms with E-state index in [0.717, 1.165) is 49.1 Å². The van der Waals surface area contributed by atoms with Crippen molar-refractivity contribution in [2.24, 2.45) is 5.92 Å². The summed E-state index contributed by atoms with van der Waals surface area (Å²) in [5, 5.41) is 13.7. The van der Waals surface area contributed by atoms with Gasteiger partial charge < -0.3 is 10.6 Å². The fraction of sp³-hybridized carbons (Fsp3) is 0.345. The number of benzene rings is 1. The predicted molar refractivity (Wildman–Crippen MR) is 147 cm³/mol. The van der Waals surface area contributed by atoms with Crippen LogP contribution in [0.1, 0.15) is 54.6 Å². The lowest BCUT2D eigenvalue weighted by atomic mass is 10.0. The van der Waals surface area contributed by atoms with Crippen molar-refractivity contribution < 1.29 is 9.59 Å². The van der Waals surface area contributed by atoms with Crippen molar-refractivity contribution in [2.45, 2.75) is 45.1 Å². The van der Waals surface area contributed by atoms with Gasteiger partial charge in [-0.1, -0.05) is 18.9 Å². The Kier molecular flexibility index (Phi) is 6.83. The summed E-state index contributed by atoms with van der Waals surface area (Å²) in [5.41, 5.74) is 5.16. The van der Waals surface area contributed by atoms with Gasteiger partial charge in [0.25, 0.3) is 5.91 Å². The zero-order chi connectivity index (χ0) is 25.9. The summed E-state index contributed by atoms with van der Waals surface area (Å²) in [4.78, 5) is 36.7. The molecule has 9 nitrogen and oxygen atoms in total. The topological polar surface area (TPSA) is 116 Å². The number of carbonyl (C=O) groups excluding carboxylic acids is 2. The Morgan fingerprint density at radius 2 is 1.74 bits per heavy atom. The van der Waals surface area contributed by atoms with Crippen LogP contribution < -0.4 is 10.6 Å². The quantitative estimate of drug-likeness (QED) is 0.323. The van der Waals surface area contributed by atoms with Crippen LogP contribution in [0, 0.1) is 5.92 Å². The number of carbonyl (C=O) groups is 2. The van der Waals surface area contributed by atoms with Crippen LogP contribution in [-0.4, -0.2) is 50.0 Å². The molecule has 0 bridgehead atoms. The number of nitrogens with one attached hydrogen (secondary N) is 3. The lowest BCUT2D eigenvalue weighted by Gasteiger charge is -2.19. The minimum atomic E-state index is -0.378. The van der Waals surface area contributed by atoms with E-state index in [1.807, 2.05) is 30.6 Å². The minimum Gasteiger partial charge on any atom is -0.324 e. The minimum absolute atomic E-state index is 0.0340. The Morgan fingerprint density at radius 3 is 2.55 bits per heavy atom. The number of rotatable bonds is 7. The molecule has 4 heterocycles. The molecule has 3 aromatic heterocycles. The molecule has 2 aliphatic rings. The number of H-pyrrole nitrogens is 1. The highest BCUT2D eigenvalue weighted by molar-refractivity contribution is 6.13. The van der Waals surface area contributed by atoms with Crippen molar-refractivity contribution in [1.82, 2.24) is 25.1 Å². The van der Waals surface area contributed by atoms with Gasteiger partial charge in [0.15, 0.2) is 5.69 Å². The zero-order valence-corrected chi connectivity index (χ0v) is 21.2. The second kappa shape index (κ2) is 10.7. The average Bonchev–Trinajstić information content (AvgIpc) is 3.74. The van der Waals surface area contributed by atoms with Crippen LogP contribution in [0.4, 0.5) is 11.4 Å². The Balaban J connectivity index is 1.23. The fourth-order valence-corrected chi connectivity index (χ4v) is 5.02. The molecule has 2 fully saturated rings. The van der Waals surface area contributed by atoms with E-state index >= 15 is 0 Å². The number of fused-ring (bicyclic) bond motifs is 1. The molecule has 1 saturated heterocycles. The van der Waals surface area contributed by atoms with E-state index in [9.17, 15) is 9.59 Å². The van der Waals surface area contributed by atoms with E-state index in [-0.39, 0.29) is 23.4 Å². The van der Waals surface area contributed by atoms with E-state index in [2.05, 4.69) is 41.8 Å². The van der Waals surface area contributed by atoms with Gasteiger partial charge in [-0.2, -0.15) is 5.10 Å². The van der Waals surface area contributed by atoms with Gasteiger partial charge in [0.05, 0.1) is 23.1 Å². The monoisotopic (exact) mass is 509 g/mol. The van der Waals surface area contributed by atoms with Gasteiger partial charge in [-0.15, -0.1) is 0 Å². The Morgan fingerprint density at radius 1 is 0.895 bits per heavy atom. The number of aromatic amines is 1. The number of pyridine rings is 2. The first-order valence-corrected chi connectivity index (χ1v) is 13.3. The highest BCUT2D eigenvalue weighted by atomic mass is 16.2. The molecule has 0 radical (unpaired) electrons. The van der Waals surface area contributed by atoms with Crippen molar-refractivity contribution >= 4 is 34.1 Å². The van der Waals surface area contributed by atoms with Crippen molar-refractivity contribution in [3.8, 4) is 11.1 Å². The second-order valence-electron chi connectivity index (χ2n) is 10.2. The first-order chi connectivity index (χ1) is 18.6. The molecule has 0 spiro atoms. The first-order valence-electron chi connectivity index (χ1n) is 13.3. The molecular weight excluding hydrogens is 478 g/mol. The molecule has 3 N–H and O–H groups in total. The number of likely N-dealkylation sites (tertiary alicyclic amines) is 1. The first kappa shape index (κ1) is 24.2. The standard InChI is InChI=1S/C29H31N7O2/c37-28(20-5-6-20)32-25-9-10-30-17-26(25)33-29(38)27-23-14-21(7-8-24(23)34-35-27)22-13-19(15-31-16-22)18-36-11-3-1-2-4-12-36/h7-10,13-17,20H,1-6,11-12,18H2,(H,33,38)(H,34,35)(H,30,32,37). The van der Waals surface area contributed by atoms with Gasteiger partial charge in [0.2, 0.25) is 5.91 Å². The Hall–Kier alpha value is -4.11. The lowest BCUT2D eigenvalue weighted by molar-refractivity contribution is -0.117. The van der Waals surface area contributed by atoms with Crippen molar-refractivity contribution in [2.75, 3.05) is 23.7 Å². The summed E-state index contributed by atoms with van der Waals surface area (Å²) >= 11 is 0. The van der Waals surface area contributed by atoms with Crippen LogP contribution in [-0.2, 0) is 11.3 Å². The molecule has 1 aliphatic carbocycles. The van der Waals surface area contributed by atoms with Crippen LogP contribution in [0.25, 0.3) is 22.0 Å². The van der Waals surface area contributed by atoms with Crippen molar-refractivity contribution in [1.29, 1.82) is 0 Å². The number of amides is 2. The number of hydrogen-bond acceptors (Lipinski definition) is 6. The maximum atomic E-state index is 13.3. The molecular formula is C29H31N7O2. The number of aromatic nitrogens is 4.